The van der Waals surface area contributed by atoms with Gasteiger partial charge in [-0.15, -0.1) is 23.5 Å². The molecule has 2 aromatic carbocycles. The van der Waals surface area contributed by atoms with Crippen LogP contribution < -0.4 is 5.32 Å². The first-order valence-corrected chi connectivity index (χ1v) is 11.8. The molecular formula is C22H24N2O2S2. The molecule has 0 spiro atoms. The summed E-state index contributed by atoms with van der Waals surface area (Å²) >= 11 is 3.94. The number of nitrogens with zero attached hydrogens (tertiary/aromatic N) is 1. The van der Waals surface area contributed by atoms with Crippen LogP contribution in [0.5, 0.6) is 0 Å². The first kappa shape index (κ1) is 19.4. The first-order chi connectivity index (χ1) is 13.7. The zero-order valence-electron chi connectivity index (χ0n) is 15.7. The Kier molecular flexibility index (Phi) is 6.27. The summed E-state index contributed by atoms with van der Waals surface area (Å²) in [6, 6.07) is 17.6. The summed E-state index contributed by atoms with van der Waals surface area (Å²) in [7, 11) is 0. The molecule has 4 nitrogen and oxygen atoms in total. The second kappa shape index (κ2) is 9.05. The fourth-order valence-electron chi connectivity index (χ4n) is 3.63. The number of hydrogen-bond donors (Lipinski definition) is 1. The van der Waals surface area contributed by atoms with Gasteiger partial charge in [-0.25, -0.2) is 0 Å². The lowest BCUT2D eigenvalue weighted by Crippen LogP contribution is -2.41. The predicted octanol–water partition coefficient (Wildman–Crippen LogP) is 4.66. The van der Waals surface area contributed by atoms with Gasteiger partial charge in [0.05, 0.1) is 4.58 Å². The maximum atomic E-state index is 12.8. The number of carbonyl (C=O) groups is 2. The van der Waals surface area contributed by atoms with Crippen LogP contribution in [0.3, 0.4) is 0 Å². The lowest BCUT2D eigenvalue weighted by Gasteiger charge is -2.31. The van der Waals surface area contributed by atoms with Crippen molar-refractivity contribution in [2.24, 2.45) is 5.92 Å². The summed E-state index contributed by atoms with van der Waals surface area (Å²) in [6.45, 7) is 1.25. The van der Waals surface area contributed by atoms with Crippen LogP contribution >= 0.6 is 23.5 Å². The number of hydrogen-bond acceptors (Lipinski definition) is 4. The lowest BCUT2D eigenvalue weighted by atomic mass is 9.95. The minimum Gasteiger partial charge on any atom is -0.339 e. The van der Waals surface area contributed by atoms with E-state index in [0.717, 1.165) is 11.3 Å². The van der Waals surface area contributed by atoms with Gasteiger partial charge < -0.3 is 10.2 Å². The summed E-state index contributed by atoms with van der Waals surface area (Å²) in [5, 5.41) is 2.97. The predicted molar refractivity (Wildman–Crippen MR) is 118 cm³/mol. The molecule has 4 rings (SSSR count). The van der Waals surface area contributed by atoms with Crippen molar-refractivity contribution in [1.29, 1.82) is 0 Å². The number of thioether (sulfide) groups is 2. The van der Waals surface area contributed by atoms with E-state index in [2.05, 4.69) is 17.4 Å². The van der Waals surface area contributed by atoms with Gasteiger partial charge in [-0.1, -0.05) is 30.3 Å². The number of rotatable bonds is 4. The molecule has 0 saturated carbocycles. The highest BCUT2D eigenvalue weighted by molar-refractivity contribution is 8.19. The highest BCUT2D eigenvalue weighted by Crippen LogP contribution is 2.45. The Balaban J connectivity index is 1.30. The quantitative estimate of drug-likeness (QED) is 0.794. The van der Waals surface area contributed by atoms with Gasteiger partial charge >= 0.3 is 0 Å². The molecule has 2 amide bonds. The average Bonchev–Trinajstić information content (AvgIpc) is 3.29. The first-order valence-electron chi connectivity index (χ1n) is 9.69. The third kappa shape index (κ3) is 4.55. The fourth-order valence-corrected chi connectivity index (χ4v) is 6.49. The molecule has 0 atom stereocenters. The van der Waals surface area contributed by atoms with Crippen molar-refractivity contribution in [3.8, 4) is 0 Å². The van der Waals surface area contributed by atoms with Gasteiger partial charge in [-0.2, -0.15) is 0 Å². The maximum Gasteiger partial charge on any atom is 0.253 e. The zero-order chi connectivity index (χ0) is 19.3. The van der Waals surface area contributed by atoms with Gasteiger partial charge in [0, 0.05) is 41.8 Å². The second-order valence-electron chi connectivity index (χ2n) is 7.12. The molecule has 2 aliphatic heterocycles. The molecule has 0 unspecified atom stereocenters. The number of nitrogens with one attached hydrogen (secondary N) is 1. The molecule has 1 N–H and O–H groups in total. The SMILES string of the molecule is O=C(Nc1ccccc1)C1CCN(C(=O)c2ccc(C3SCCS3)cc2)CC1. The van der Waals surface area contributed by atoms with E-state index in [-0.39, 0.29) is 17.7 Å². The Morgan fingerprint density at radius 2 is 1.54 bits per heavy atom. The summed E-state index contributed by atoms with van der Waals surface area (Å²) in [6.07, 6.45) is 1.41. The number of likely N-dealkylation sites (tertiary alicyclic amines) is 1. The van der Waals surface area contributed by atoms with E-state index >= 15 is 0 Å². The Bertz CT molecular complexity index is 812. The molecule has 0 aliphatic carbocycles. The topological polar surface area (TPSA) is 49.4 Å². The average molecular weight is 413 g/mol. The van der Waals surface area contributed by atoms with E-state index in [1.807, 2.05) is 70.9 Å². The van der Waals surface area contributed by atoms with Crippen molar-refractivity contribution in [2.75, 3.05) is 29.9 Å². The highest BCUT2D eigenvalue weighted by atomic mass is 32.2. The number of benzene rings is 2. The molecule has 0 aromatic heterocycles. The molecule has 2 saturated heterocycles. The smallest absolute Gasteiger partial charge is 0.253 e. The molecule has 2 heterocycles. The summed E-state index contributed by atoms with van der Waals surface area (Å²) in [5.74, 6) is 2.48. The monoisotopic (exact) mass is 412 g/mol. The lowest BCUT2D eigenvalue weighted by molar-refractivity contribution is -0.121. The van der Waals surface area contributed by atoms with Crippen molar-refractivity contribution >= 4 is 41.0 Å². The molecular weight excluding hydrogens is 388 g/mol. The molecule has 28 heavy (non-hydrogen) atoms. The van der Waals surface area contributed by atoms with Crippen molar-refractivity contribution in [2.45, 2.75) is 17.4 Å². The van der Waals surface area contributed by atoms with E-state index in [9.17, 15) is 9.59 Å². The van der Waals surface area contributed by atoms with Crippen LogP contribution in [-0.4, -0.2) is 41.3 Å². The normalized spacial score (nSPS) is 18.2. The summed E-state index contributed by atoms with van der Waals surface area (Å²) in [5.41, 5.74) is 2.86. The van der Waals surface area contributed by atoms with Crippen LogP contribution in [0.15, 0.2) is 54.6 Å². The second-order valence-corrected chi connectivity index (χ2v) is 9.84. The van der Waals surface area contributed by atoms with Crippen LogP contribution in [0.25, 0.3) is 0 Å². The molecule has 0 bridgehead atoms. The van der Waals surface area contributed by atoms with Gasteiger partial charge in [-0.3, -0.25) is 9.59 Å². The Morgan fingerprint density at radius 1 is 0.893 bits per heavy atom. The van der Waals surface area contributed by atoms with Gasteiger partial charge in [0.1, 0.15) is 0 Å². The van der Waals surface area contributed by atoms with Crippen LogP contribution in [-0.2, 0) is 4.79 Å². The van der Waals surface area contributed by atoms with E-state index in [1.54, 1.807) is 0 Å². The maximum absolute atomic E-state index is 12.8. The van der Waals surface area contributed by atoms with Gasteiger partial charge in [0.15, 0.2) is 0 Å². The van der Waals surface area contributed by atoms with Gasteiger partial charge in [0.2, 0.25) is 5.91 Å². The minimum atomic E-state index is -0.0388. The van der Waals surface area contributed by atoms with Crippen molar-refractivity contribution in [3.05, 3.63) is 65.7 Å². The largest absolute Gasteiger partial charge is 0.339 e. The van der Waals surface area contributed by atoms with E-state index < -0.39 is 0 Å². The summed E-state index contributed by atoms with van der Waals surface area (Å²) in [4.78, 5) is 27.1. The molecule has 6 heteroatoms. The third-order valence-electron chi connectivity index (χ3n) is 5.25. The zero-order valence-corrected chi connectivity index (χ0v) is 17.3. The number of para-hydroxylation sites is 1. The van der Waals surface area contributed by atoms with Crippen LogP contribution in [0.1, 0.15) is 33.3 Å². The van der Waals surface area contributed by atoms with Crippen LogP contribution in [0.4, 0.5) is 5.69 Å². The standard InChI is InChI=1S/C22H24N2O2S2/c25-20(23-19-4-2-1-3-5-19)16-10-12-24(13-11-16)21(26)17-6-8-18(9-7-17)22-27-14-15-28-22/h1-9,16,22H,10-15H2,(H,23,25). The van der Waals surface area contributed by atoms with Crippen molar-refractivity contribution < 1.29 is 9.59 Å². The van der Waals surface area contributed by atoms with Crippen molar-refractivity contribution in [1.82, 2.24) is 4.90 Å². The highest BCUT2D eigenvalue weighted by Gasteiger charge is 2.28. The van der Waals surface area contributed by atoms with E-state index in [1.165, 1.54) is 17.1 Å². The van der Waals surface area contributed by atoms with Crippen molar-refractivity contribution in [3.63, 3.8) is 0 Å². The van der Waals surface area contributed by atoms with Gasteiger partial charge in [0.25, 0.3) is 5.91 Å². The number of anilines is 1. The molecule has 0 radical (unpaired) electrons. The molecule has 2 fully saturated rings. The third-order valence-corrected chi connectivity index (χ3v) is 8.35. The Morgan fingerprint density at radius 3 is 2.18 bits per heavy atom. The number of amides is 2. The molecule has 2 aromatic rings. The van der Waals surface area contributed by atoms with Crippen LogP contribution in [0.2, 0.25) is 0 Å². The minimum absolute atomic E-state index is 0.0388. The number of piperidine rings is 1. The fraction of sp³-hybridized carbons (Fsp3) is 0.364. The Labute approximate surface area is 174 Å². The van der Waals surface area contributed by atoms with E-state index in [0.29, 0.717) is 30.5 Å². The number of carbonyl (C=O) groups excluding carboxylic acids is 2. The van der Waals surface area contributed by atoms with E-state index in [4.69, 9.17) is 0 Å². The molecule has 146 valence electrons. The Hall–Kier alpha value is -1.92. The molecule has 2 aliphatic rings. The van der Waals surface area contributed by atoms with Gasteiger partial charge in [-0.05, 0) is 42.7 Å². The van der Waals surface area contributed by atoms with Crippen LogP contribution in [0, 0.1) is 5.92 Å². The summed E-state index contributed by atoms with van der Waals surface area (Å²) < 4.78 is 0.503.